The van der Waals surface area contributed by atoms with Gasteiger partial charge in [-0.3, -0.25) is 4.99 Å². The number of halogens is 3. The summed E-state index contributed by atoms with van der Waals surface area (Å²) < 4.78 is 33.9. The second-order valence-electron chi connectivity index (χ2n) is 5.51. The lowest BCUT2D eigenvalue weighted by atomic mass is 10.1. The number of rotatable bonds is 12. The number of nitrogens with zero attached hydrogens (tertiary/aromatic N) is 1. The third-order valence-electron chi connectivity index (χ3n) is 3.47. The average molecular weight is 501 g/mol. The first-order valence-electron chi connectivity index (χ1n) is 8.89. The van der Waals surface area contributed by atoms with Crippen LogP contribution in [0.1, 0.15) is 38.4 Å². The van der Waals surface area contributed by atoms with Crippen LogP contribution < -0.4 is 15.4 Å². The normalized spacial score (nSPS) is 12.4. The van der Waals surface area contributed by atoms with E-state index in [-0.39, 0.29) is 36.3 Å². The van der Waals surface area contributed by atoms with Gasteiger partial charge in [0, 0.05) is 26.3 Å². The molecule has 0 fully saturated rings. The summed E-state index contributed by atoms with van der Waals surface area (Å²) in [6.07, 6.45) is 1.10. The molecule has 0 amide bonds. The van der Waals surface area contributed by atoms with E-state index in [9.17, 15) is 13.9 Å². The van der Waals surface area contributed by atoms with Crippen LogP contribution in [0.2, 0.25) is 0 Å². The van der Waals surface area contributed by atoms with Crippen molar-refractivity contribution in [1.29, 1.82) is 0 Å². The highest BCUT2D eigenvalue weighted by Gasteiger charge is 2.09. The van der Waals surface area contributed by atoms with E-state index in [1.54, 1.807) is 12.1 Å². The number of ether oxygens (including phenoxy) is 2. The molecule has 1 atom stereocenters. The van der Waals surface area contributed by atoms with E-state index < -0.39 is 12.7 Å². The summed E-state index contributed by atoms with van der Waals surface area (Å²) in [5.41, 5.74) is 0.586. The van der Waals surface area contributed by atoms with E-state index in [0.717, 1.165) is 32.6 Å². The van der Waals surface area contributed by atoms with E-state index in [1.807, 2.05) is 13.8 Å². The van der Waals surface area contributed by atoms with Crippen LogP contribution >= 0.6 is 24.0 Å². The van der Waals surface area contributed by atoms with Crippen LogP contribution in [0.5, 0.6) is 5.75 Å². The van der Waals surface area contributed by atoms with Crippen molar-refractivity contribution in [2.24, 2.45) is 4.99 Å². The Kier molecular flexibility index (Phi) is 15.1. The Morgan fingerprint density at radius 1 is 1.15 bits per heavy atom. The quantitative estimate of drug-likeness (QED) is 0.177. The fourth-order valence-corrected chi connectivity index (χ4v) is 2.18. The lowest BCUT2D eigenvalue weighted by Gasteiger charge is -2.14. The van der Waals surface area contributed by atoms with Crippen LogP contribution in [0.15, 0.2) is 29.3 Å². The van der Waals surface area contributed by atoms with E-state index in [4.69, 9.17) is 4.74 Å². The Balaban J connectivity index is 0.00000676. The molecule has 0 aliphatic heterocycles. The molecule has 156 valence electrons. The van der Waals surface area contributed by atoms with Gasteiger partial charge in [-0.1, -0.05) is 12.1 Å². The highest BCUT2D eigenvalue weighted by atomic mass is 127. The molecule has 0 saturated heterocycles. The van der Waals surface area contributed by atoms with Crippen molar-refractivity contribution < 1.29 is 23.4 Å². The summed E-state index contributed by atoms with van der Waals surface area (Å²) in [5, 5.41) is 16.5. The predicted molar refractivity (Wildman–Crippen MR) is 113 cm³/mol. The molecule has 3 N–H and O–H groups in total. The fourth-order valence-electron chi connectivity index (χ4n) is 2.18. The summed E-state index contributed by atoms with van der Waals surface area (Å²) in [6, 6.07) is 5.89. The molecule has 1 unspecified atom stereocenters. The van der Waals surface area contributed by atoms with Gasteiger partial charge in [0.1, 0.15) is 5.75 Å². The highest BCUT2D eigenvalue weighted by molar-refractivity contribution is 14.0. The van der Waals surface area contributed by atoms with Crippen LogP contribution in [0.3, 0.4) is 0 Å². The van der Waals surface area contributed by atoms with Crippen molar-refractivity contribution in [2.75, 3.05) is 32.8 Å². The minimum Gasteiger partial charge on any atom is -0.435 e. The number of hydrogen-bond donors (Lipinski definition) is 3. The number of unbranched alkanes of at least 4 members (excludes halogenated alkanes) is 1. The zero-order valence-electron chi connectivity index (χ0n) is 15.8. The molecule has 0 aliphatic carbocycles. The molecule has 1 rings (SSSR count). The molecule has 27 heavy (non-hydrogen) atoms. The van der Waals surface area contributed by atoms with E-state index in [2.05, 4.69) is 20.4 Å². The summed E-state index contributed by atoms with van der Waals surface area (Å²) in [7, 11) is 0. The third-order valence-corrected chi connectivity index (χ3v) is 3.47. The van der Waals surface area contributed by atoms with Crippen molar-refractivity contribution >= 4 is 29.9 Å². The van der Waals surface area contributed by atoms with Crippen molar-refractivity contribution in [3.63, 3.8) is 0 Å². The number of guanidine groups is 1. The van der Waals surface area contributed by atoms with Gasteiger partial charge in [-0.05, 0) is 44.4 Å². The molecule has 0 saturated carbocycles. The number of aliphatic hydroxyl groups excluding tert-OH is 1. The maximum absolute atomic E-state index is 12.1. The number of aliphatic imine (C=N–C) groups is 1. The first-order valence-corrected chi connectivity index (χ1v) is 8.89. The minimum absolute atomic E-state index is 0. The van der Waals surface area contributed by atoms with Gasteiger partial charge < -0.3 is 25.2 Å². The zero-order valence-corrected chi connectivity index (χ0v) is 18.1. The molecule has 1 aromatic carbocycles. The van der Waals surface area contributed by atoms with Crippen molar-refractivity contribution in [3.05, 3.63) is 29.8 Å². The predicted octanol–water partition coefficient (Wildman–Crippen LogP) is 3.31. The van der Waals surface area contributed by atoms with E-state index in [1.165, 1.54) is 12.1 Å². The Morgan fingerprint density at radius 2 is 1.85 bits per heavy atom. The first kappa shape index (κ1) is 25.8. The number of alkyl halides is 2. The van der Waals surface area contributed by atoms with Crippen LogP contribution in [-0.2, 0) is 4.74 Å². The molecule has 1 aromatic rings. The van der Waals surface area contributed by atoms with Gasteiger partial charge >= 0.3 is 6.61 Å². The van der Waals surface area contributed by atoms with Gasteiger partial charge in [-0.2, -0.15) is 8.78 Å². The second kappa shape index (κ2) is 15.8. The van der Waals surface area contributed by atoms with Gasteiger partial charge in [0.15, 0.2) is 5.96 Å². The summed E-state index contributed by atoms with van der Waals surface area (Å²) in [4.78, 5) is 4.36. The van der Waals surface area contributed by atoms with Crippen molar-refractivity contribution in [1.82, 2.24) is 10.6 Å². The summed E-state index contributed by atoms with van der Waals surface area (Å²) in [5.74, 6) is 0.683. The number of nitrogens with one attached hydrogen (secondary N) is 2. The highest BCUT2D eigenvalue weighted by Crippen LogP contribution is 2.19. The number of aliphatic hydroxyl groups is 1. The smallest absolute Gasteiger partial charge is 0.387 e. The van der Waals surface area contributed by atoms with Gasteiger partial charge in [0.25, 0.3) is 0 Å². The Bertz CT molecular complexity index is 519. The fraction of sp³-hybridized carbons (Fsp3) is 0.611. The molecular weight excluding hydrogens is 471 g/mol. The van der Waals surface area contributed by atoms with Crippen molar-refractivity contribution in [2.45, 2.75) is 39.4 Å². The van der Waals surface area contributed by atoms with E-state index in [0.29, 0.717) is 18.1 Å². The minimum atomic E-state index is -2.86. The van der Waals surface area contributed by atoms with Crippen LogP contribution in [0, 0.1) is 0 Å². The maximum Gasteiger partial charge on any atom is 0.387 e. The van der Waals surface area contributed by atoms with Gasteiger partial charge in [0.05, 0.1) is 12.6 Å². The number of hydrogen-bond acceptors (Lipinski definition) is 4. The largest absolute Gasteiger partial charge is 0.435 e. The Hall–Kier alpha value is -1.20. The zero-order chi connectivity index (χ0) is 19.2. The second-order valence-corrected chi connectivity index (χ2v) is 5.51. The molecule has 0 bridgehead atoms. The van der Waals surface area contributed by atoms with Crippen LogP contribution in [-0.4, -0.2) is 50.5 Å². The van der Waals surface area contributed by atoms with Crippen LogP contribution in [0.4, 0.5) is 8.78 Å². The standard InChI is InChI=1S/C18H29F2N3O3.HI/c1-3-21-18(22-11-5-6-12-25-4-2)23-13-16(24)14-7-9-15(10-8-14)26-17(19)20;/h7-10,16-17,24H,3-6,11-13H2,1-2H3,(H2,21,22,23);1H. The lowest BCUT2D eigenvalue weighted by Crippen LogP contribution is -2.38. The summed E-state index contributed by atoms with van der Waals surface area (Å²) in [6.45, 7) is 4.17. The Labute approximate surface area is 176 Å². The topological polar surface area (TPSA) is 75.1 Å². The first-order chi connectivity index (χ1) is 12.6. The molecule has 0 heterocycles. The number of benzene rings is 1. The average Bonchev–Trinajstić information content (AvgIpc) is 2.62. The molecule has 6 nitrogen and oxygen atoms in total. The lowest BCUT2D eigenvalue weighted by molar-refractivity contribution is -0.0498. The van der Waals surface area contributed by atoms with Crippen LogP contribution in [0.25, 0.3) is 0 Å². The monoisotopic (exact) mass is 501 g/mol. The van der Waals surface area contributed by atoms with Gasteiger partial charge in [-0.25, -0.2) is 0 Å². The molecule has 0 spiro atoms. The molecule has 9 heteroatoms. The molecule has 0 radical (unpaired) electrons. The molecular formula is C18H30F2IN3O3. The van der Waals surface area contributed by atoms with E-state index >= 15 is 0 Å². The van der Waals surface area contributed by atoms with Crippen molar-refractivity contribution in [3.8, 4) is 5.75 Å². The molecule has 0 aliphatic rings. The maximum atomic E-state index is 12.1. The molecule has 0 aromatic heterocycles. The van der Waals surface area contributed by atoms with Gasteiger partial charge in [0.2, 0.25) is 0 Å². The summed E-state index contributed by atoms with van der Waals surface area (Å²) >= 11 is 0. The SMILES string of the molecule is CCNC(=NCC(O)c1ccc(OC(F)F)cc1)NCCCCOCC.I. The van der Waals surface area contributed by atoms with Gasteiger partial charge in [-0.15, -0.1) is 24.0 Å². The third kappa shape index (κ3) is 12.0. The Morgan fingerprint density at radius 3 is 2.44 bits per heavy atom.